The molecular formula is C22H23FN6O2. The average Bonchev–Trinajstić information content (AvgIpc) is 3.11. The maximum atomic E-state index is 14.0. The molecule has 0 saturated heterocycles. The first-order valence-electron chi connectivity index (χ1n) is 9.64. The Labute approximate surface area is 179 Å². The van der Waals surface area contributed by atoms with Gasteiger partial charge in [-0.25, -0.2) is 9.37 Å². The van der Waals surface area contributed by atoms with E-state index in [2.05, 4.69) is 20.7 Å². The summed E-state index contributed by atoms with van der Waals surface area (Å²) in [4.78, 5) is 17.1. The Balaban J connectivity index is 1.82. The Morgan fingerprint density at radius 1 is 1.35 bits per heavy atom. The van der Waals surface area contributed by atoms with Gasteiger partial charge in [-0.2, -0.15) is 10.4 Å². The van der Waals surface area contributed by atoms with Crippen molar-refractivity contribution < 1.29 is 13.9 Å². The Morgan fingerprint density at radius 2 is 2.13 bits per heavy atom. The maximum Gasteiger partial charge on any atom is 0.252 e. The first-order valence-corrected chi connectivity index (χ1v) is 9.64. The van der Waals surface area contributed by atoms with Crippen LogP contribution in [-0.2, 0) is 13.6 Å². The molecule has 0 radical (unpaired) electrons. The van der Waals surface area contributed by atoms with Crippen LogP contribution in [0.2, 0.25) is 0 Å². The fourth-order valence-corrected chi connectivity index (χ4v) is 3.13. The lowest BCUT2D eigenvalue weighted by Crippen LogP contribution is -2.25. The number of nitrogens with one attached hydrogen (secondary N) is 2. The molecule has 9 heteroatoms. The third-order valence-electron chi connectivity index (χ3n) is 4.70. The number of nitriles is 1. The Morgan fingerprint density at radius 3 is 2.81 bits per heavy atom. The highest BCUT2D eigenvalue weighted by atomic mass is 19.1. The fraction of sp³-hybridized carbons (Fsp3) is 0.273. The van der Waals surface area contributed by atoms with Gasteiger partial charge in [0, 0.05) is 31.4 Å². The van der Waals surface area contributed by atoms with Crippen molar-refractivity contribution in [2.24, 2.45) is 7.05 Å². The number of aromatic nitrogens is 3. The highest BCUT2D eigenvalue weighted by molar-refractivity contribution is 5.95. The molecule has 2 heterocycles. The van der Waals surface area contributed by atoms with Crippen molar-refractivity contribution >= 4 is 11.7 Å². The highest BCUT2D eigenvalue weighted by Crippen LogP contribution is 2.30. The summed E-state index contributed by atoms with van der Waals surface area (Å²) in [7, 11) is 3.38. The minimum Gasteiger partial charge on any atom is -0.482 e. The minimum atomic E-state index is -0.618. The number of anilines is 1. The van der Waals surface area contributed by atoms with Gasteiger partial charge in [0.15, 0.2) is 11.6 Å². The number of carbonyl (C=O) groups is 1. The van der Waals surface area contributed by atoms with E-state index in [9.17, 15) is 9.18 Å². The molecular weight excluding hydrogens is 399 g/mol. The van der Waals surface area contributed by atoms with E-state index in [0.717, 1.165) is 5.56 Å². The molecule has 0 bridgehead atoms. The van der Waals surface area contributed by atoms with Crippen LogP contribution < -0.4 is 15.4 Å². The van der Waals surface area contributed by atoms with Gasteiger partial charge in [-0.3, -0.25) is 9.48 Å². The van der Waals surface area contributed by atoms with E-state index in [1.54, 1.807) is 33.3 Å². The SMILES string of the molecule is CNc1ncc(C)cc1O[C@H](C)c1cc(F)ccc1C(=O)NCc1cc(C#N)n(C)n1. The number of aryl methyl sites for hydroxylation is 2. The van der Waals surface area contributed by atoms with Crippen molar-refractivity contribution in [3.63, 3.8) is 0 Å². The van der Waals surface area contributed by atoms with Crippen molar-refractivity contribution in [1.29, 1.82) is 5.26 Å². The maximum absolute atomic E-state index is 14.0. The Kier molecular flexibility index (Phi) is 6.50. The molecule has 0 aliphatic rings. The molecule has 0 fully saturated rings. The zero-order valence-electron chi connectivity index (χ0n) is 17.7. The summed E-state index contributed by atoms with van der Waals surface area (Å²) in [5, 5.41) is 18.9. The summed E-state index contributed by atoms with van der Waals surface area (Å²) >= 11 is 0. The molecule has 8 nitrogen and oxygen atoms in total. The molecule has 31 heavy (non-hydrogen) atoms. The van der Waals surface area contributed by atoms with Crippen molar-refractivity contribution in [1.82, 2.24) is 20.1 Å². The summed E-state index contributed by atoms with van der Waals surface area (Å²) in [6.07, 6.45) is 1.09. The Hall–Kier alpha value is -3.93. The number of ether oxygens (including phenoxy) is 1. The molecule has 0 spiro atoms. The van der Waals surface area contributed by atoms with Crippen LogP contribution >= 0.6 is 0 Å². The first kappa shape index (κ1) is 21.8. The van der Waals surface area contributed by atoms with E-state index < -0.39 is 17.8 Å². The summed E-state index contributed by atoms with van der Waals surface area (Å²) in [5.41, 5.74) is 2.54. The van der Waals surface area contributed by atoms with Crippen LogP contribution in [0.4, 0.5) is 10.2 Å². The van der Waals surface area contributed by atoms with Crippen LogP contribution in [0.3, 0.4) is 0 Å². The zero-order chi connectivity index (χ0) is 22.5. The normalized spacial score (nSPS) is 11.5. The number of hydrogen-bond acceptors (Lipinski definition) is 6. The number of pyridine rings is 1. The van der Waals surface area contributed by atoms with Gasteiger partial charge in [-0.1, -0.05) is 0 Å². The average molecular weight is 422 g/mol. The molecule has 0 saturated carbocycles. The van der Waals surface area contributed by atoms with Gasteiger partial charge in [0.1, 0.15) is 23.7 Å². The topological polar surface area (TPSA) is 105 Å². The van der Waals surface area contributed by atoms with E-state index in [1.165, 1.54) is 22.9 Å². The number of rotatable bonds is 7. The van der Waals surface area contributed by atoms with Crippen LogP contribution in [0.5, 0.6) is 5.75 Å². The van der Waals surface area contributed by atoms with Crippen molar-refractivity contribution in [2.75, 3.05) is 12.4 Å². The van der Waals surface area contributed by atoms with E-state index in [0.29, 0.717) is 28.5 Å². The molecule has 3 rings (SSSR count). The fourth-order valence-electron chi connectivity index (χ4n) is 3.13. The van der Waals surface area contributed by atoms with Gasteiger partial charge in [0.2, 0.25) is 0 Å². The molecule has 1 amide bonds. The van der Waals surface area contributed by atoms with Crippen molar-refractivity contribution in [2.45, 2.75) is 26.5 Å². The second-order valence-electron chi connectivity index (χ2n) is 7.04. The molecule has 1 atom stereocenters. The molecule has 1 aromatic carbocycles. The quantitative estimate of drug-likeness (QED) is 0.606. The van der Waals surface area contributed by atoms with Gasteiger partial charge in [-0.05, 0) is 49.7 Å². The van der Waals surface area contributed by atoms with Crippen molar-refractivity contribution in [3.8, 4) is 11.8 Å². The monoisotopic (exact) mass is 422 g/mol. The molecule has 2 N–H and O–H groups in total. The van der Waals surface area contributed by atoms with E-state index in [-0.39, 0.29) is 12.1 Å². The smallest absolute Gasteiger partial charge is 0.252 e. The number of halogens is 1. The summed E-state index contributed by atoms with van der Waals surface area (Å²) in [6.45, 7) is 3.76. The number of nitrogens with zero attached hydrogens (tertiary/aromatic N) is 4. The summed E-state index contributed by atoms with van der Waals surface area (Å²) in [5.74, 6) is 0.179. The van der Waals surface area contributed by atoms with Gasteiger partial charge >= 0.3 is 0 Å². The lowest BCUT2D eigenvalue weighted by Gasteiger charge is -2.20. The standard InChI is InChI=1S/C22H23FN6O2/c1-13-7-20(21(25-3)26-11-13)31-14(2)19-8-15(23)5-6-18(19)22(30)27-12-16-9-17(10-24)29(4)28-16/h5-9,11,14H,12H2,1-4H3,(H,25,26)(H,27,30)/t14-/m1/s1. The second-order valence-corrected chi connectivity index (χ2v) is 7.04. The Bertz CT molecular complexity index is 1150. The third kappa shape index (κ3) is 4.98. The summed E-state index contributed by atoms with van der Waals surface area (Å²) < 4.78 is 21.5. The second kappa shape index (κ2) is 9.26. The van der Waals surface area contributed by atoms with E-state index in [4.69, 9.17) is 10.00 Å². The number of benzene rings is 1. The molecule has 0 aliphatic heterocycles. The van der Waals surface area contributed by atoms with Crippen LogP contribution in [0, 0.1) is 24.1 Å². The van der Waals surface area contributed by atoms with Gasteiger partial charge in [-0.15, -0.1) is 0 Å². The van der Waals surface area contributed by atoms with Gasteiger partial charge in [0.25, 0.3) is 5.91 Å². The molecule has 0 aliphatic carbocycles. The number of hydrogen-bond donors (Lipinski definition) is 2. The van der Waals surface area contributed by atoms with Crippen molar-refractivity contribution in [3.05, 3.63) is 70.4 Å². The van der Waals surface area contributed by atoms with Crippen LogP contribution in [0.1, 0.15) is 45.9 Å². The van der Waals surface area contributed by atoms with Crippen LogP contribution in [0.25, 0.3) is 0 Å². The highest BCUT2D eigenvalue weighted by Gasteiger charge is 2.20. The van der Waals surface area contributed by atoms with E-state index >= 15 is 0 Å². The predicted molar refractivity (Wildman–Crippen MR) is 113 cm³/mol. The van der Waals surface area contributed by atoms with E-state index in [1.807, 2.05) is 19.1 Å². The number of carbonyl (C=O) groups excluding carboxylic acids is 1. The predicted octanol–water partition coefficient (Wildman–Crippen LogP) is 3.25. The lowest BCUT2D eigenvalue weighted by atomic mass is 10.0. The summed E-state index contributed by atoms with van der Waals surface area (Å²) in [6, 6.07) is 9.38. The first-order chi connectivity index (χ1) is 14.8. The number of amides is 1. The van der Waals surface area contributed by atoms with Crippen LogP contribution in [-0.4, -0.2) is 27.7 Å². The largest absolute Gasteiger partial charge is 0.482 e. The zero-order valence-corrected chi connectivity index (χ0v) is 17.7. The molecule has 2 aromatic heterocycles. The third-order valence-corrected chi connectivity index (χ3v) is 4.70. The van der Waals surface area contributed by atoms with Gasteiger partial charge in [0.05, 0.1) is 12.2 Å². The van der Waals surface area contributed by atoms with Gasteiger partial charge < -0.3 is 15.4 Å². The molecule has 3 aromatic rings. The molecule has 160 valence electrons. The minimum absolute atomic E-state index is 0.131. The molecule has 0 unspecified atom stereocenters. The lowest BCUT2D eigenvalue weighted by molar-refractivity contribution is 0.0945. The van der Waals surface area contributed by atoms with Crippen LogP contribution in [0.15, 0.2) is 36.5 Å².